The van der Waals surface area contributed by atoms with Gasteiger partial charge in [0.2, 0.25) is 0 Å². The molecule has 3 heterocycles. The molecular weight excluding hydrogens is 436 g/mol. The third-order valence-corrected chi connectivity index (χ3v) is 6.34. The van der Waals surface area contributed by atoms with Crippen LogP contribution in [0.3, 0.4) is 0 Å². The van der Waals surface area contributed by atoms with Crippen molar-refractivity contribution in [2.75, 3.05) is 33.3 Å². The maximum Gasteiger partial charge on any atom is 0.410 e. The van der Waals surface area contributed by atoms with Crippen molar-refractivity contribution in [2.24, 2.45) is 16.4 Å². The van der Waals surface area contributed by atoms with E-state index in [4.69, 9.17) is 9.47 Å². The van der Waals surface area contributed by atoms with Gasteiger partial charge in [0.25, 0.3) is 5.91 Å². The summed E-state index contributed by atoms with van der Waals surface area (Å²) in [5.41, 5.74) is 3.72. The lowest BCUT2D eigenvalue weighted by Crippen LogP contribution is -2.46. The van der Waals surface area contributed by atoms with Gasteiger partial charge < -0.3 is 19.7 Å². The minimum atomic E-state index is -0.476. The molecule has 0 aromatic heterocycles. The number of likely N-dealkylation sites (tertiary alicyclic amines) is 1. The highest BCUT2D eigenvalue weighted by atomic mass is 16.6. The maximum absolute atomic E-state index is 12.1. The number of benzene rings is 1. The quantitative estimate of drug-likeness (QED) is 0.641. The summed E-state index contributed by atoms with van der Waals surface area (Å²) in [4.78, 5) is 36.8. The number of methoxy groups -OCH3 is 1. The molecule has 3 aliphatic heterocycles. The largest absolute Gasteiger partial charge is 0.469 e. The van der Waals surface area contributed by atoms with Crippen LogP contribution in [0.1, 0.15) is 52.0 Å². The Morgan fingerprint density at radius 2 is 1.71 bits per heavy atom. The molecule has 1 aromatic carbocycles. The molecular formula is C25H36N4O5. The first-order chi connectivity index (χ1) is 16.2. The van der Waals surface area contributed by atoms with Crippen LogP contribution in [0.25, 0.3) is 0 Å². The number of amides is 2. The van der Waals surface area contributed by atoms with Crippen LogP contribution in [-0.4, -0.2) is 67.5 Å². The minimum absolute atomic E-state index is 0.0536. The maximum atomic E-state index is 12.1. The first-order valence-electron chi connectivity index (χ1n) is 11.9. The Morgan fingerprint density at radius 3 is 2.26 bits per heavy atom. The summed E-state index contributed by atoms with van der Waals surface area (Å²) in [7, 11) is 1.39. The Labute approximate surface area is 201 Å². The third-order valence-electron chi connectivity index (χ3n) is 6.34. The van der Waals surface area contributed by atoms with Gasteiger partial charge in [-0.1, -0.05) is 30.3 Å². The Morgan fingerprint density at radius 1 is 1.09 bits per heavy atom. The molecule has 2 saturated heterocycles. The van der Waals surface area contributed by atoms with Crippen molar-refractivity contribution >= 4 is 23.7 Å². The van der Waals surface area contributed by atoms with Crippen molar-refractivity contribution in [3.05, 3.63) is 35.9 Å². The van der Waals surface area contributed by atoms with Gasteiger partial charge in [-0.3, -0.25) is 9.59 Å². The van der Waals surface area contributed by atoms with Crippen LogP contribution in [0.15, 0.2) is 35.4 Å². The lowest BCUT2D eigenvalue weighted by molar-refractivity contribution is -0.147. The van der Waals surface area contributed by atoms with E-state index in [1.165, 1.54) is 7.11 Å². The second kappa shape index (κ2) is 11.0. The average Bonchev–Trinajstić information content (AvgIpc) is 3.14. The predicted octanol–water partition coefficient (Wildman–Crippen LogP) is 2.70. The van der Waals surface area contributed by atoms with Crippen LogP contribution in [-0.2, 0) is 19.1 Å². The highest BCUT2D eigenvalue weighted by Crippen LogP contribution is 2.36. The molecule has 34 heavy (non-hydrogen) atoms. The molecule has 3 aliphatic rings. The molecule has 2 N–H and O–H groups in total. The summed E-state index contributed by atoms with van der Waals surface area (Å²) in [5.74, 6) is -0.217. The van der Waals surface area contributed by atoms with Crippen molar-refractivity contribution in [3.63, 3.8) is 0 Å². The molecule has 186 valence electrons. The first-order valence-corrected chi connectivity index (χ1v) is 11.9. The van der Waals surface area contributed by atoms with E-state index in [2.05, 4.69) is 15.8 Å². The van der Waals surface area contributed by atoms with E-state index >= 15 is 0 Å². The topological polar surface area (TPSA) is 109 Å². The summed E-state index contributed by atoms with van der Waals surface area (Å²) in [5, 5.41) is 7.55. The van der Waals surface area contributed by atoms with Gasteiger partial charge in [0.05, 0.1) is 24.2 Å². The van der Waals surface area contributed by atoms with E-state index in [0.29, 0.717) is 25.9 Å². The number of esters is 1. The third kappa shape index (κ3) is 6.14. The molecule has 1 aromatic rings. The zero-order chi connectivity index (χ0) is 24.8. The molecule has 2 fully saturated rings. The number of carbonyl (C=O) groups is 3. The van der Waals surface area contributed by atoms with Gasteiger partial charge >= 0.3 is 12.1 Å². The van der Waals surface area contributed by atoms with Crippen molar-refractivity contribution in [1.29, 1.82) is 0 Å². The number of piperidine rings is 2. The molecule has 9 heteroatoms. The number of hydrogen-bond acceptors (Lipinski definition) is 7. The summed E-state index contributed by atoms with van der Waals surface area (Å²) in [6.07, 6.45) is 2.64. The molecule has 0 radical (unpaired) electrons. The van der Waals surface area contributed by atoms with Crippen LogP contribution in [0, 0.1) is 11.3 Å². The van der Waals surface area contributed by atoms with E-state index in [9.17, 15) is 14.4 Å². The number of nitrogens with zero attached hydrogens (tertiary/aromatic N) is 2. The molecule has 0 saturated carbocycles. The highest BCUT2D eigenvalue weighted by molar-refractivity contribution is 6.19. The summed E-state index contributed by atoms with van der Waals surface area (Å²) >= 11 is 0. The van der Waals surface area contributed by atoms with E-state index in [0.717, 1.165) is 37.2 Å². The molecule has 0 aliphatic carbocycles. The second-order valence-corrected chi connectivity index (χ2v) is 9.86. The fourth-order valence-electron chi connectivity index (χ4n) is 4.47. The molecule has 0 unspecified atom stereocenters. The Balaban J connectivity index is 0.000000191. The normalized spacial score (nSPS) is 20.1. The minimum Gasteiger partial charge on any atom is -0.469 e. The zero-order valence-corrected chi connectivity index (χ0v) is 20.6. The van der Waals surface area contributed by atoms with Gasteiger partial charge in [-0.25, -0.2) is 10.2 Å². The number of hydrogen-bond donors (Lipinski definition) is 2. The van der Waals surface area contributed by atoms with Crippen molar-refractivity contribution < 1.29 is 23.9 Å². The number of nitrogens with one attached hydrogen (secondary N) is 2. The standard InChI is InChI=1S/C13H15N3O.C12H21NO4/c17-12-13(6-8-14-9-7-13)11(15-16-12)10-4-2-1-3-5-10;1-12(2,3)17-11(15)13-7-5-9(6-8-13)10(14)16-4/h1-5,14H,6-9H2,(H,16,17);9H,5-8H2,1-4H3. The average molecular weight is 473 g/mol. The van der Waals surface area contributed by atoms with Gasteiger partial charge in [0, 0.05) is 13.1 Å². The van der Waals surface area contributed by atoms with Crippen LogP contribution in [0.5, 0.6) is 0 Å². The SMILES string of the molecule is COC(=O)C1CCN(C(=O)OC(C)(C)C)CC1.O=C1NN=C(c2ccccc2)C12CCNCC2. The zero-order valence-electron chi connectivity index (χ0n) is 20.6. The fraction of sp³-hybridized carbons (Fsp3) is 0.600. The van der Waals surface area contributed by atoms with E-state index in [1.807, 2.05) is 51.1 Å². The highest BCUT2D eigenvalue weighted by Gasteiger charge is 2.48. The van der Waals surface area contributed by atoms with E-state index in [-0.39, 0.29) is 23.9 Å². The van der Waals surface area contributed by atoms with E-state index in [1.54, 1.807) is 4.90 Å². The smallest absolute Gasteiger partial charge is 0.410 e. The summed E-state index contributed by atoms with van der Waals surface area (Å²) in [6.45, 7) is 8.37. The van der Waals surface area contributed by atoms with Crippen molar-refractivity contribution in [1.82, 2.24) is 15.6 Å². The molecule has 9 nitrogen and oxygen atoms in total. The Hall–Kier alpha value is -2.94. The lowest BCUT2D eigenvalue weighted by atomic mass is 9.73. The van der Waals surface area contributed by atoms with Gasteiger partial charge in [-0.15, -0.1) is 0 Å². The van der Waals surface area contributed by atoms with Crippen LogP contribution in [0.2, 0.25) is 0 Å². The molecule has 0 bridgehead atoms. The second-order valence-electron chi connectivity index (χ2n) is 9.86. The number of carbonyl (C=O) groups excluding carboxylic acids is 3. The Kier molecular flexibility index (Phi) is 8.30. The lowest BCUT2D eigenvalue weighted by Gasteiger charge is -2.32. The summed E-state index contributed by atoms with van der Waals surface area (Å²) in [6, 6.07) is 9.97. The fourth-order valence-corrected chi connectivity index (χ4v) is 4.47. The molecule has 4 rings (SSSR count). The molecule has 2 amide bonds. The monoisotopic (exact) mass is 472 g/mol. The van der Waals surface area contributed by atoms with Gasteiger partial charge in [-0.05, 0) is 65.1 Å². The molecule has 1 spiro atoms. The number of rotatable bonds is 2. The van der Waals surface area contributed by atoms with Crippen molar-refractivity contribution in [2.45, 2.75) is 52.1 Å². The van der Waals surface area contributed by atoms with Gasteiger partial charge in [0.15, 0.2) is 0 Å². The molecule has 0 atom stereocenters. The first kappa shape index (κ1) is 25.7. The van der Waals surface area contributed by atoms with Crippen LogP contribution >= 0.6 is 0 Å². The number of hydrazone groups is 1. The summed E-state index contributed by atoms with van der Waals surface area (Å²) < 4.78 is 9.96. The van der Waals surface area contributed by atoms with Gasteiger partial charge in [-0.2, -0.15) is 5.10 Å². The predicted molar refractivity (Wildman–Crippen MR) is 128 cm³/mol. The van der Waals surface area contributed by atoms with E-state index < -0.39 is 11.0 Å². The Bertz CT molecular complexity index is 896. The van der Waals surface area contributed by atoms with Crippen LogP contribution in [0.4, 0.5) is 4.79 Å². The number of ether oxygens (including phenoxy) is 2. The van der Waals surface area contributed by atoms with Gasteiger partial charge in [0.1, 0.15) is 5.60 Å². The van der Waals surface area contributed by atoms with Crippen LogP contribution < -0.4 is 10.7 Å². The van der Waals surface area contributed by atoms with Crippen molar-refractivity contribution in [3.8, 4) is 0 Å².